The summed E-state index contributed by atoms with van der Waals surface area (Å²) in [5.41, 5.74) is 3.01. The fourth-order valence-electron chi connectivity index (χ4n) is 4.57. The van der Waals surface area contributed by atoms with E-state index in [0.29, 0.717) is 35.2 Å². The second kappa shape index (κ2) is 11.1. The minimum Gasteiger partial charge on any atom is -0.494 e. The summed E-state index contributed by atoms with van der Waals surface area (Å²) in [5, 5.41) is 7.56. The number of fused-ring (bicyclic) bond motifs is 1. The molecule has 0 aliphatic carbocycles. The standard InChI is InChI=1S/C27H30N6O6S/c1-16-14-28-25(29-15-16)24(38-5)17(2)40(34,35)32-27-31-30-26(19-9-10-20-18(13-19)11-12-39-20)33(27)23-21(36-3)7-6-8-22(23)37-4/h6-10,13-15,17,24H,11-12H2,1-5H3,(H,31,32). The summed E-state index contributed by atoms with van der Waals surface area (Å²) in [6.07, 6.45) is 3.04. The van der Waals surface area contributed by atoms with Crippen LogP contribution in [0.2, 0.25) is 0 Å². The van der Waals surface area contributed by atoms with Crippen LogP contribution in [0.5, 0.6) is 17.2 Å². The van der Waals surface area contributed by atoms with Gasteiger partial charge in [0, 0.05) is 31.5 Å². The molecule has 40 heavy (non-hydrogen) atoms. The fraction of sp³-hybridized carbons (Fsp3) is 0.333. The Balaban J connectivity index is 1.62. The quantitative estimate of drug-likeness (QED) is 0.303. The van der Waals surface area contributed by atoms with E-state index in [1.54, 1.807) is 35.2 Å². The molecule has 0 saturated heterocycles. The Hall–Kier alpha value is -4.23. The van der Waals surface area contributed by atoms with Gasteiger partial charge < -0.3 is 18.9 Å². The largest absolute Gasteiger partial charge is 0.494 e. The summed E-state index contributed by atoms with van der Waals surface area (Å²) in [6, 6.07) is 10.9. The molecule has 1 aliphatic rings. The van der Waals surface area contributed by atoms with Crippen LogP contribution in [-0.2, 0) is 21.2 Å². The van der Waals surface area contributed by atoms with Gasteiger partial charge >= 0.3 is 0 Å². The van der Waals surface area contributed by atoms with Crippen LogP contribution in [0, 0.1) is 6.92 Å². The highest BCUT2D eigenvalue weighted by atomic mass is 32.2. The summed E-state index contributed by atoms with van der Waals surface area (Å²) in [7, 11) is 0.343. The maximum Gasteiger partial charge on any atom is 0.243 e. The summed E-state index contributed by atoms with van der Waals surface area (Å²) in [6.45, 7) is 3.96. The highest BCUT2D eigenvalue weighted by Gasteiger charge is 2.35. The minimum absolute atomic E-state index is 0.0546. The van der Waals surface area contributed by atoms with Crippen LogP contribution in [0.15, 0.2) is 48.8 Å². The molecule has 2 unspecified atom stereocenters. The lowest BCUT2D eigenvalue weighted by molar-refractivity contribution is 0.0949. The topological polar surface area (TPSA) is 140 Å². The zero-order valence-electron chi connectivity index (χ0n) is 22.8. The van der Waals surface area contributed by atoms with Crippen molar-refractivity contribution in [2.24, 2.45) is 0 Å². The Kier molecular flexibility index (Phi) is 7.59. The summed E-state index contributed by atoms with van der Waals surface area (Å²) < 4.78 is 54.1. The van der Waals surface area contributed by atoms with Gasteiger partial charge in [0.2, 0.25) is 16.0 Å². The Morgan fingerprint density at radius 1 is 1.02 bits per heavy atom. The average molecular weight is 567 g/mol. The van der Waals surface area contributed by atoms with Gasteiger partial charge in [-0.2, -0.15) is 0 Å². The van der Waals surface area contributed by atoms with Crippen molar-refractivity contribution in [2.45, 2.75) is 31.6 Å². The number of nitrogens with zero attached hydrogens (tertiary/aromatic N) is 5. The Morgan fingerprint density at radius 2 is 1.73 bits per heavy atom. The van der Waals surface area contributed by atoms with E-state index in [1.165, 1.54) is 28.3 Å². The molecule has 210 valence electrons. The minimum atomic E-state index is -4.11. The van der Waals surface area contributed by atoms with Gasteiger partial charge in [-0.25, -0.2) is 18.4 Å². The molecule has 12 nitrogen and oxygen atoms in total. The predicted molar refractivity (Wildman–Crippen MR) is 148 cm³/mol. The van der Waals surface area contributed by atoms with Crippen molar-refractivity contribution in [1.82, 2.24) is 24.7 Å². The Labute approximate surface area is 232 Å². The second-order valence-electron chi connectivity index (χ2n) is 9.24. The first-order valence-electron chi connectivity index (χ1n) is 12.5. The van der Waals surface area contributed by atoms with E-state index in [0.717, 1.165) is 23.3 Å². The normalized spacial score (nSPS) is 14.2. The Morgan fingerprint density at radius 3 is 2.38 bits per heavy atom. The number of anilines is 1. The number of benzene rings is 2. The number of hydrogen-bond donors (Lipinski definition) is 1. The molecular weight excluding hydrogens is 536 g/mol. The smallest absolute Gasteiger partial charge is 0.243 e. The third-order valence-electron chi connectivity index (χ3n) is 6.69. The highest BCUT2D eigenvalue weighted by molar-refractivity contribution is 7.93. The van der Waals surface area contributed by atoms with Crippen LogP contribution < -0.4 is 18.9 Å². The first-order chi connectivity index (χ1) is 19.3. The zero-order chi connectivity index (χ0) is 28.4. The van der Waals surface area contributed by atoms with Crippen molar-refractivity contribution in [3.63, 3.8) is 0 Å². The van der Waals surface area contributed by atoms with E-state index < -0.39 is 21.4 Å². The first-order valence-corrected chi connectivity index (χ1v) is 14.1. The number of hydrogen-bond acceptors (Lipinski definition) is 10. The van der Waals surface area contributed by atoms with Crippen LogP contribution in [0.1, 0.15) is 30.0 Å². The average Bonchev–Trinajstić information content (AvgIpc) is 3.60. The van der Waals surface area contributed by atoms with E-state index in [4.69, 9.17) is 18.9 Å². The Bertz CT molecular complexity index is 1600. The van der Waals surface area contributed by atoms with Gasteiger partial charge in [-0.05, 0) is 55.3 Å². The van der Waals surface area contributed by atoms with Crippen molar-refractivity contribution in [3.05, 3.63) is 65.7 Å². The van der Waals surface area contributed by atoms with Gasteiger partial charge in [-0.1, -0.05) is 6.07 Å². The van der Waals surface area contributed by atoms with Crippen molar-refractivity contribution in [1.29, 1.82) is 0 Å². The molecule has 0 amide bonds. The summed E-state index contributed by atoms with van der Waals surface area (Å²) >= 11 is 0. The number of sulfonamides is 1. The van der Waals surface area contributed by atoms with Crippen LogP contribution in [-0.4, -0.2) is 66.3 Å². The van der Waals surface area contributed by atoms with Gasteiger partial charge in [-0.3, -0.25) is 9.29 Å². The van der Waals surface area contributed by atoms with Gasteiger partial charge in [0.25, 0.3) is 0 Å². The first kappa shape index (κ1) is 27.3. The third-order valence-corrected chi connectivity index (χ3v) is 8.39. The number of aryl methyl sites for hydroxylation is 1. The van der Waals surface area contributed by atoms with Gasteiger partial charge in [0.15, 0.2) is 11.6 Å². The molecule has 0 bridgehead atoms. The molecule has 0 saturated carbocycles. The van der Waals surface area contributed by atoms with E-state index in [1.807, 2.05) is 25.1 Å². The van der Waals surface area contributed by atoms with Crippen molar-refractivity contribution in [3.8, 4) is 34.3 Å². The van der Waals surface area contributed by atoms with Gasteiger partial charge in [-0.15, -0.1) is 10.2 Å². The van der Waals surface area contributed by atoms with Crippen molar-refractivity contribution in [2.75, 3.05) is 32.7 Å². The fourth-order valence-corrected chi connectivity index (χ4v) is 5.70. The summed E-state index contributed by atoms with van der Waals surface area (Å²) in [4.78, 5) is 8.54. The highest BCUT2D eigenvalue weighted by Crippen LogP contribution is 2.39. The lowest BCUT2D eigenvalue weighted by Crippen LogP contribution is -2.33. The lowest BCUT2D eigenvalue weighted by Gasteiger charge is -2.23. The molecular formula is C27H30N6O6S. The van der Waals surface area contributed by atoms with Crippen LogP contribution >= 0.6 is 0 Å². The molecule has 1 N–H and O–H groups in total. The number of nitrogens with one attached hydrogen (secondary N) is 1. The molecule has 0 fully saturated rings. The maximum atomic E-state index is 13.7. The van der Waals surface area contributed by atoms with Crippen molar-refractivity contribution < 1.29 is 27.4 Å². The van der Waals surface area contributed by atoms with Crippen molar-refractivity contribution >= 4 is 16.0 Å². The molecule has 4 aromatic rings. The molecule has 2 aromatic carbocycles. The monoisotopic (exact) mass is 566 g/mol. The van der Waals surface area contributed by atoms with E-state index in [2.05, 4.69) is 24.9 Å². The predicted octanol–water partition coefficient (Wildman–Crippen LogP) is 3.50. The zero-order valence-corrected chi connectivity index (χ0v) is 23.6. The number of methoxy groups -OCH3 is 3. The number of ether oxygens (including phenoxy) is 4. The van der Waals surface area contributed by atoms with E-state index in [9.17, 15) is 8.42 Å². The number of rotatable bonds is 10. The van der Waals surface area contributed by atoms with Crippen LogP contribution in [0.4, 0.5) is 5.95 Å². The van der Waals surface area contributed by atoms with Crippen LogP contribution in [0.25, 0.3) is 17.1 Å². The maximum absolute atomic E-state index is 13.7. The molecule has 5 rings (SSSR count). The third kappa shape index (κ3) is 5.05. The van der Waals surface area contributed by atoms with E-state index in [-0.39, 0.29) is 11.8 Å². The molecule has 0 radical (unpaired) electrons. The molecule has 0 spiro atoms. The lowest BCUT2D eigenvalue weighted by atomic mass is 10.1. The molecule has 2 atom stereocenters. The molecule has 3 heterocycles. The SMILES string of the molecule is COc1cccc(OC)c1-n1c(NS(=O)(=O)C(C)C(OC)c2ncc(C)cn2)nnc1-c1ccc2c(c1)CCO2. The number of aromatic nitrogens is 5. The molecule has 13 heteroatoms. The van der Waals surface area contributed by atoms with Crippen LogP contribution in [0.3, 0.4) is 0 Å². The second-order valence-corrected chi connectivity index (χ2v) is 11.3. The van der Waals surface area contributed by atoms with E-state index >= 15 is 0 Å². The molecule has 2 aromatic heterocycles. The van der Waals surface area contributed by atoms with Gasteiger partial charge in [0.05, 0.1) is 20.8 Å². The summed E-state index contributed by atoms with van der Waals surface area (Å²) in [5.74, 6) is 2.25. The number of para-hydroxylation sites is 1. The molecule has 1 aliphatic heterocycles. The van der Waals surface area contributed by atoms with Gasteiger partial charge in [0.1, 0.15) is 34.3 Å².